The Labute approximate surface area is 167 Å². The lowest BCUT2D eigenvalue weighted by molar-refractivity contribution is 0.102. The molecule has 0 aliphatic carbocycles. The van der Waals surface area contributed by atoms with E-state index in [-0.39, 0.29) is 5.91 Å². The first kappa shape index (κ1) is 17.0. The summed E-state index contributed by atoms with van der Waals surface area (Å²) in [7, 11) is 0. The van der Waals surface area contributed by atoms with Crippen LogP contribution in [0, 0.1) is 0 Å². The van der Waals surface area contributed by atoms with E-state index < -0.39 is 0 Å². The summed E-state index contributed by atoms with van der Waals surface area (Å²) in [5, 5.41) is 2.95. The van der Waals surface area contributed by atoms with Gasteiger partial charge >= 0.3 is 0 Å². The maximum Gasteiger partial charge on any atom is 0.255 e. The molecule has 5 heteroatoms. The van der Waals surface area contributed by atoms with Gasteiger partial charge in [0, 0.05) is 34.9 Å². The zero-order valence-corrected chi connectivity index (χ0v) is 15.5. The van der Waals surface area contributed by atoms with Crippen molar-refractivity contribution in [3.8, 4) is 17.1 Å². The predicted octanol–water partition coefficient (Wildman–Crippen LogP) is 5.27. The lowest BCUT2D eigenvalue weighted by Crippen LogP contribution is -2.11. The number of carbonyl (C=O) groups excluding carboxylic acids is 1. The van der Waals surface area contributed by atoms with Gasteiger partial charge in [-0.2, -0.15) is 0 Å². The number of anilines is 1. The summed E-state index contributed by atoms with van der Waals surface area (Å²) >= 11 is 0. The Morgan fingerprint density at radius 3 is 2.38 bits per heavy atom. The first-order valence-corrected chi connectivity index (χ1v) is 9.36. The zero-order valence-electron chi connectivity index (χ0n) is 15.5. The van der Waals surface area contributed by atoms with Crippen molar-refractivity contribution < 1.29 is 4.79 Å². The lowest BCUT2D eigenvalue weighted by Gasteiger charge is -2.07. The van der Waals surface area contributed by atoms with Crippen LogP contribution in [-0.4, -0.2) is 20.4 Å². The third kappa shape index (κ3) is 3.41. The second-order valence-electron chi connectivity index (χ2n) is 6.77. The maximum absolute atomic E-state index is 12.6. The van der Waals surface area contributed by atoms with E-state index in [1.54, 1.807) is 0 Å². The van der Waals surface area contributed by atoms with Gasteiger partial charge in [-0.05, 0) is 54.6 Å². The van der Waals surface area contributed by atoms with Crippen molar-refractivity contribution in [2.75, 3.05) is 5.32 Å². The number of hydrogen-bond acceptors (Lipinski definition) is 2. The van der Waals surface area contributed by atoms with Crippen molar-refractivity contribution in [1.82, 2.24) is 14.5 Å². The Balaban J connectivity index is 1.36. The standard InChI is InChI=1S/C24H18N4O/c29-24(18-8-11-20(12-9-18)28-14-4-5-15-28)25-19-10-13-21-22(16-19)27-23(26-21)17-6-2-1-3-7-17/h1-16H,(H,25,29)(H,26,27). The number of hydrogen-bond donors (Lipinski definition) is 2. The molecule has 5 nitrogen and oxygen atoms in total. The highest BCUT2D eigenvalue weighted by atomic mass is 16.1. The number of imidazole rings is 1. The largest absolute Gasteiger partial charge is 0.338 e. The van der Waals surface area contributed by atoms with E-state index in [1.165, 1.54) is 0 Å². The molecular weight excluding hydrogens is 360 g/mol. The average Bonchev–Trinajstić information content (AvgIpc) is 3.44. The van der Waals surface area contributed by atoms with Gasteiger partial charge in [-0.15, -0.1) is 0 Å². The topological polar surface area (TPSA) is 62.7 Å². The molecule has 5 aromatic rings. The molecule has 140 valence electrons. The number of aromatic amines is 1. The molecule has 0 spiro atoms. The fourth-order valence-corrected chi connectivity index (χ4v) is 3.31. The smallest absolute Gasteiger partial charge is 0.255 e. The van der Waals surface area contributed by atoms with Crippen LogP contribution in [0.4, 0.5) is 5.69 Å². The van der Waals surface area contributed by atoms with Crippen molar-refractivity contribution in [3.05, 3.63) is 103 Å². The summed E-state index contributed by atoms with van der Waals surface area (Å²) in [5.41, 5.74) is 5.09. The number of amides is 1. The van der Waals surface area contributed by atoms with Gasteiger partial charge in [0.1, 0.15) is 5.82 Å². The monoisotopic (exact) mass is 378 g/mol. The van der Waals surface area contributed by atoms with E-state index in [4.69, 9.17) is 0 Å². The van der Waals surface area contributed by atoms with Crippen LogP contribution in [0.2, 0.25) is 0 Å². The van der Waals surface area contributed by atoms with Crippen LogP contribution in [0.5, 0.6) is 0 Å². The van der Waals surface area contributed by atoms with Crippen LogP contribution in [0.3, 0.4) is 0 Å². The number of carbonyl (C=O) groups is 1. The molecular formula is C24H18N4O. The van der Waals surface area contributed by atoms with Gasteiger partial charge in [-0.3, -0.25) is 4.79 Å². The first-order chi connectivity index (χ1) is 14.3. The second kappa shape index (κ2) is 7.13. The van der Waals surface area contributed by atoms with E-state index in [0.29, 0.717) is 11.3 Å². The van der Waals surface area contributed by atoms with E-state index in [1.807, 2.05) is 102 Å². The Morgan fingerprint density at radius 2 is 1.62 bits per heavy atom. The molecule has 2 aromatic heterocycles. The Bertz CT molecular complexity index is 1270. The van der Waals surface area contributed by atoms with E-state index in [9.17, 15) is 4.79 Å². The third-order valence-corrected chi connectivity index (χ3v) is 4.82. The van der Waals surface area contributed by atoms with Gasteiger partial charge in [0.05, 0.1) is 11.0 Å². The highest BCUT2D eigenvalue weighted by Gasteiger charge is 2.09. The van der Waals surface area contributed by atoms with Crippen molar-refractivity contribution in [2.45, 2.75) is 0 Å². The van der Waals surface area contributed by atoms with Crippen LogP contribution in [-0.2, 0) is 0 Å². The molecule has 2 N–H and O–H groups in total. The van der Waals surface area contributed by atoms with Gasteiger partial charge in [-0.1, -0.05) is 30.3 Å². The van der Waals surface area contributed by atoms with Crippen molar-refractivity contribution in [3.63, 3.8) is 0 Å². The highest BCUT2D eigenvalue weighted by molar-refractivity contribution is 6.05. The van der Waals surface area contributed by atoms with Crippen LogP contribution in [0.25, 0.3) is 28.1 Å². The molecule has 0 fully saturated rings. The van der Waals surface area contributed by atoms with Crippen molar-refractivity contribution >= 4 is 22.6 Å². The minimum Gasteiger partial charge on any atom is -0.338 e. The molecule has 0 unspecified atom stereocenters. The summed E-state index contributed by atoms with van der Waals surface area (Å²) in [5.74, 6) is 0.659. The summed E-state index contributed by atoms with van der Waals surface area (Å²) in [4.78, 5) is 20.6. The summed E-state index contributed by atoms with van der Waals surface area (Å²) in [6.45, 7) is 0. The fourth-order valence-electron chi connectivity index (χ4n) is 3.31. The predicted molar refractivity (Wildman–Crippen MR) is 115 cm³/mol. The lowest BCUT2D eigenvalue weighted by atomic mass is 10.2. The third-order valence-electron chi connectivity index (χ3n) is 4.82. The molecule has 0 saturated heterocycles. The molecule has 2 heterocycles. The normalized spacial score (nSPS) is 10.9. The zero-order chi connectivity index (χ0) is 19.6. The van der Waals surface area contributed by atoms with Crippen LogP contribution >= 0.6 is 0 Å². The van der Waals surface area contributed by atoms with Crippen molar-refractivity contribution in [2.24, 2.45) is 0 Å². The number of nitrogens with zero attached hydrogens (tertiary/aromatic N) is 2. The van der Waals surface area contributed by atoms with Gasteiger partial charge in [-0.25, -0.2) is 4.98 Å². The molecule has 0 aliphatic heterocycles. The van der Waals surface area contributed by atoms with Gasteiger partial charge in [0.25, 0.3) is 5.91 Å². The van der Waals surface area contributed by atoms with E-state index >= 15 is 0 Å². The van der Waals surface area contributed by atoms with E-state index in [0.717, 1.165) is 28.1 Å². The second-order valence-corrected chi connectivity index (χ2v) is 6.77. The quantitative estimate of drug-likeness (QED) is 0.447. The Morgan fingerprint density at radius 1 is 0.862 bits per heavy atom. The molecule has 0 aliphatic rings. The van der Waals surface area contributed by atoms with Crippen LogP contribution in [0.15, 0.2) is 97.3 Å². The minimum absolute atomic E-state index is 0.151. The Hall–Kier alpha value is -4.12. The van der Waals surface area contributed by atoms with Gasteiger partial charge in [0.2, 0.25) is 0 Å². The minimum atomic E-state index is -0.151. The number of benzene rings is 3. The average molecular weight is 378 g/mol. The molecule has 0 atom stereocenters. The van der Waals surface area contributed by atoms with Crippen molar-refractivity contribution in [1.29, 1.82) is 0 Å². The first-order valence-electron chi connectivity index (χ1n) is 9.36. The molecule has 0 saturated carbocycles. The number of H-pyrrole nitrogens is 1. The molecule has 29 heavy (non-hydrogen) atoms. The fraction of sp³-hybridized carbons (Fsp3) is 0. The molecule has 0 bridgehead atoms. The van der Waals surface area contributed by atoms with Gasteiger partial charge < -0.3 is 14.9 Å². The molecule has 0 radical (unpaired) electrons. The summed E-state index contributed by atoms with van der Waals surface area (Å²) < 4.78 is 2.00. The number of nitrogens with one attached hydrogen (secondary N) is 2. The maximum atomic E-state index is 12.6. The SMILES string of the molecule is O=C(Nc1ccc2[nH]c(-c3ccccc3)nc2c1)c1ccc(-n2cccc2)cc1. The number of rotatable bonds is 4. The molecule has 5 rings (SSSR count). The van der Waals surface area contributed by atoms with Crippen LogP contribution < -0.4 is 5.32 Å². The van der Waals surface area contributed by atoms with Crippen LogP contribution in [0.1, 0.15) is 10.4 Å². The van der Waals surface area contributed by atoms with E-state index in [2.05, 4.69) is 15.3 Å². The summed E-state index contributed by atoms with van der Waals surface area (Å²) in [6, 6.07) is 27.1. The molecule has 1 amide bonds. The summed E-state index contributed by atoms with van der Waals surface area (Å²) in [6.07, 6.45) is 3.94. The Kier molecular flexibility index (Phi) is 4.18. The number of aromatic nitrogens is 3. The van der Waals surface area contributed by atoms with Gasteiger partial charge in [0.15, 0.2) is 0 Å². The highest BCUT2D eigenvalue weighted by Crippen LogP contribution is 2.23. The molecule has 3 aromatic carbocycles. The number of fused-ring (bicyclic) bond motifs is 1.